The second-order valence-electron chi connectivity index (χ2n) is 7.18. The van der Waals surface area contributed by atoms with Crippen molar-refractivity contribution in [3.05, 3.63) is 87.9 Å². The molecule has 33 heavy (non-hydrogen) atoms. The Bertz CT molecular complexity index is 1300. The standard InChI is InChI=1S/C21H17ClF3N7O/c1-13(14-3-6-16(7-4-14)31-12-26-11-29-31)30(2)17-10-28-32(20(33)19(17)22)18-8-5-15(9-27-18)21(23,24)25/h3-13H,1-2H3. The molecule has 0 bridgehead atoms. The van der Waals surface area contributed by atoms with Crippen molar-refractivity contribution in [1.82, 2.24) is 29.5 Å². The minimum atomic E-state index is -4.53. The van der Waals surface area contributed by atoms with Gasteiger partial charge in [0, 0.05) is 13.2 Å². The number of rotatable bonds is 5. The molecule has 3 aromatic heterocycles. The van der Waals surface area contributed by atoms with Crippen LogP contribution in [0.2, 0.25) is 5.02 Å². The Morgan fingerprint density at radius 1 is 1.06 bits per heavy atom. The van der Waals surface area contributed by atoms with Gasteiger partial charge in [0.25, 0.3) is 5.56 Å². The van der Waals surface area contributed by atoms with Gasteiger partial charge in [-0.05, 0) is 36.8 Å². The topological polar surface area (TPSA) is 81.7 Å². The molecule has 0 saturated carbocycles. The van der Waals surface area contributed by atoms with Gasteiger partial charge in [-0.25, -0.2) is 14.6 Å². The molecule has 0 fully saturated rings. The molecule has 170 valence electrons. The summed E-state index contributed by atoms with van der Waals surface area (Å²) in [5, 5.41) is 8.02. The van der Waals surface area contributed by atoms with Crippen LogP contribution in [-0.2, 0) is 6.18 Å². The van der Waals surface area contributed by atoms with Crippen molar-refractivity contribution in [2.75, 3.05) is 11.9 Å². The molecule has 0 radical (unpaired) electrons. The quantitative estimate of drug-likeness (QED) is 0.432. The molecule has 0 aliphatic heterocycles. The van der Waals surface area contributed by atoms with E-state index in [1.54, 1.807) is 23.0 Å². The highest BCUT2D eigenvalue weighted by Gasteiger charge is 2.31. The summed E-state index contributed by atoms with van der Waals surface area (Å²) in [6.45, 7) is 1.93. The van der Waals surface area contributed by atoms with E-state index in [-0.39, 0.29) is 16.9 Å². The van der Waals surface area contributed by atoms with Crippen LogP contribution in [0.3, 0.4) is 0 Å². The fourth-order valence-corrected chi connectivity index (χ4v) is 3.45. The SMILES string of the molecule is CC(c1ccc(-n2cncn2)cc1)N(C)c1cnn(-c2ccc(C(F)(F)F)cn2)c(=O)c1Cl. The van der Waals surface area contributed by atoms with Crippen LogP contribution in [-0.4, -0.2) is 36.6 Å². The average molecular weight is 476 g/mol. The van der Waals surface area contributed by atoms with Crippen LogP contribution in [0.25, 0.3) is 11.5 Å². The molecule has 4 aromatic rings. The number of hydrogen-bond donors (Lipinski definition) is 0. The fraction of sp³-hybridized carbons (Fsp3) is 0.190. The Kier molecular flexibility index (Phi) is 5.90. The second-order valence-corrected chi connectivity index (χ2v) is 7.56. The molecule has 1 unspecified atom stereocenters. The number of alkyl halides is 3. The van der Waals surface area contributed by atoms with E-state index in [9.17, 15) is 18.0 Å². The lowest BCUT2D eigenvalue weighted by Gasteiger charge is -2.28. The lowest BCUT2D eigenvalue weighted by Crippen LogP contribution is -2.28. The first-order valence-electron chi connectivity index (χ1n) is 9.66. The maximum Gasteiger partial charge on any atom is 0.417 e. The smallest absolute Gasteiger partial charge is 0.365 e. The number of nitrogens with zero attached hydrogens (tertiary/aromatic N) is 7. The lowest BCUT2D eigenvalue weighted by molar-refractivity contribution is -0.137. The van der Waals surface area contributed by atoms with Gasteiger partial charge >= 0.3 is 6.18 Å². The first-order chi connectivity index (χ1) is 15.7. The van der Waals surface area contributed by atoms with Crippen LogP contribution in [0, 0.1) is 0 Å². The van der Waals surface area contributed by atoms with Gasteiger partial charge < -0.3 is 4.90 Å². The van der Waals surface area contributed by atoms with Crippen molar-refractivity contribution in [2.24, 2.45) is 0 Å². The van der Waals surface area contributed by atoms with E-state index in [0.29, 0.717) is 11.9 Å². The molecule has 0 amide bonds. The normalized spacial score (nSPS) is 12.5. The van der Waals surface area contributed by atoms with E-state index in [1.165, 1.54) is 12.5 Å². The molecule has 1 atom stereocenters. The van der Waals surface area contributed by atoms with Gasteiger partial charge in [0.1, 0.15) is 17.7 Å². The van der Waals surface area contributed by atoms with Crippen molar-refractivity contribution < 1.29 is 13.2 Å². The molecular weight excluding hydrogens is 459 g/mol. The van der Waals surface area contributed by atoms with Gasteiger partial charge in [0.15, 0.2) is 5.82 Å². The van der Waals surface area contributed by atoms with E-state index < -0.39 is 17.3 Å². The summed E-state index contributed by atoms with van der Waals surface area (Å²) in [7, 11) is 1.76. The van der Waals surface area contributed by atoms with Crippen LogP contribution < -0.4 is 10.5 Å². The van der Waals surface area contributed by atoms with Crippen molar-refractivity contribution in [1.29, 1.82) is 0 Å². The third kappa shape index (κ3) is 4.44. The number of benzene rings is 1. The van der Waals surface area contributed by atoms with E-state index in [2.05, 4.69) is 20.2 Å². The summed E-state index contributed by atoms with van der Waals surface area (Å²) in [5.74, 6) is -0.0687. The molecule has 4 rings (SSSR count). The van der Waals surface area contributed by atoms with E-state index in [0.717, 1.165) is 28.1 Å². The monoisotopic (exact) mass is 475 g/mol. The zero-order valence-electron chi connectivity index (χ0n) is 17.4. The zero-order valence-corrected chi connectivity index (χ0v) is 18.2. The molecule has 12 heteroatoms. The van der Waals surface area contributed by atoms with Gasteiger partial charge in [0.05, 0.1) is 29.2 Å². The molecule has 0 aliphatic carbocycles. The maximum absolute atomic E-state index is 12.8. The number of aromatic nitrogens is 6. The number of anilines is 1. The largest absolute Gasteiger partial charge is 0.417 e. The summed E-state index contributed by atoms with van der Waals surface area (Å²) in [5.41, 5.74) is 0.550. The third-order valence-electron chi connectivity index (χ3n) is 5.21. The predicted octanol–water partition coefficient (Wildman–Crippen LogP) is 4.08. The first kappa shape index (κ1) is 22.5. The van der Waals surface area contributed by atoms with Crippen LogP contribution in [0.15, 0.2) is 66.2 Å². The summed E-state index contributed by atoms with van der Waals surface area (Å²) in [6, 6.07) is 9.35. The molecule has 0 N–H and O–H groups in total. The summed E-state index contributed by atoms with van der Waals surface area (Å²) in [4.78, 5) is 22.2. The van der Waals surface area contributed by atoms with Crippen LogP contribution in [0.5, 0.6) is 0 Å². The van der Waals surface area contributed by atoms with Gasteiger partial charge in [-0.3, -0.25) is 4.79 Å². The van der Waals surface area contributed by atoms with Gasteiger partial charge in [-0.2, -0.15) is 28.1 Å². The molecule has 0 aliphatic rings. The van der Waals surface area contributed by atoms with E-state index >= 15 is 0 Å². The highest BCUT2D eigenvalue weighted by Crippen LogP contribution is 2.30. The van der Waals surface area contributed by atoms with E-state index in [4.69, 9.17) is 11.6 Å². The number of pyridine rings is 1. The Hall–Kier alpha value is -3.73. The van der Waals surface area contributed by atoms with Crippen LogP contribution in [0.4, 0.5) is 18.9 Å². The Morgan fingerprint density at radius 2 is 1.79 bits per heavy atom. The van der Waals surface area contributed by atoms with E-state index in [1.807, 2.05) is 31.2 Å². The van der Waals surface area contributed by atoms with Crippen molar-refractivity contribution >= 4 is 17.3 Å². The molecule has 8 nitrogen and oxygen atoms in total. The predicted molar refractivity (Wildman–Crippen MR) is 116 cm³/mol. The Labute approximate surface area is 190 Å². The van der Waals surface area contributed by atoms with Crippen LogP contribution in [0.1, 0.15) is 24.1 Å². The van der Waals surface area contributed by atoms with Crippen LogP contribution >= 0.6 is 11.6 Å². The van der Waals surface area contributed by atoms with Crippen molar-refractivity contribution in [3.63, 3.8) is 0 Å². The third-order valence-corrected chi connectivity index (χ3v) is 5.57. The molecule has 3 heterocycles. The number of hydrogen-bond acceptors (Lipinski definition) is 6. The first-order valence-corrected chi connectivity index (χ1v) is 10.0. The molecule has 1 aromatic carbocycles. The summed E-state index contributed by atoms with van der Waals surface area (Å²) in [6.07, 6.45) is 0.530. The highest BCUT2D eigenvalue weighted by atomic mass is 35.5. The maximum atomic E-state index is 12.8. The Morgan fingerprint density at radius 3 is 2.36 bits per heavy atom. The minimum absolute atomic E-state index is 0.0687. The highest BCUT2D eigenvalue weighted by molar-refractivity contribution is 6.33. The van der Waals surface area contributed by atoms with Gasteiger partial charge in [0.2, 0.25) is 0 Å². The molecule has 0 spiro atoms. The zero-order chi connectivity index (χ0) is 23.8. The van der Waals surface area contributed by atoms with Crippen molar-refractivity contribution in [2.45, 2.75) is 19.1 Å². The molecule has 0 saturated heterocycles. The molecular formula is C21H17ClF3N7O. The summed E-state index contributed by atoms with van der Waals surface area (Å²) >= 11 is 6.33. The number of halogens is 4. The lowest BCUT2D eigenvalue weighted by atomic mass is 10.1. The van der Waals surface area contributed by atoms with Gasteiger partial charge in [-0.1, -0.05) is 23.7 Å². The summed E-state index contributed by atoms with van der Waals surface area (Å²) < 4.78 is 40.8. The second kappa shape index (κ2) is 8.66. The minimum Gasteiger partial charge on any atom is -0.365 e. The van der Waals surface area contributed by atoms with Gasteiger partial charge in [-0.15, -0.1) is 0 Å². The fourth-order valence-electron chi connectivity index (χ4n) is 3.19. The average Bonchev–Trinajstić information content (AvgIpc) is 3.35. The van der Waals surface area contributed by atoms with Crippen molar-refractivity contribution in [3.8, 4) is 11.5 Å². The Balaban J connectivity index is 1.59.